The molecule has 0 atom stereocenters. The molecule has 0 bridgehead atoms. The Morgan fingerprint density at radius 1 is 0.384 bits per heavy atom. The van der Waals surface area contributed by atoms with Gasteiger partial charge < -0.3 is 72.6 Å². The quantitative estimate of drug-likeness (QED) is 0.0397. The third-order valence-corrected chi connectivity index (χ3v) is 24.8. The summed E-state index contributed by atoms with van der Waals surface area (Å²) in [6.45, 7) is 23.5. The smallest absolute Gasteiger partial charge is 0.310 e. The van der Waals surface area contributed by atoms with E-state index in [1.807, 2.05) is 72.8 Å². The van der Waals surface area contributed by atoms with E-state index >= 15 is 0 Å². The lowest BCUT2D eigenvalue weighted by Gasteiger charge is -2.32. The van der Waals surface area contributed by atoms with Gasteiger partial charge in [0.05, 0.1) is 51.1 Å². The lowest BCUT2D eigenvalue weighted by atomic mass is 9.88. The Balaban J connectivity index is 0.000000123. The number of piperidine rings is 5. The zero-order valence-corrected chi connectivity index (χ0v) is 65.5. The Kier molecular flexibility index (Phi) is 26.0. The molecule has 0 amide bonds. The van der Waals surface area contributed by atoms with Crippen LogP contribution in [0.3, 0.4) is 0 Å². The van der Waals surface area contributed by atoms with Crippen LogP contribution in [0.5, 0.6) is 0 Å². The highest BCUT2D eigenvalue weighted by Gasteiger charge is 2.52. The van der Waals surface area contributed by atoms with Crippen LogP contribution in [-0.2, 0) is 24.0 Å². The SMILES string of the molecule is CC(C)(CCN1CCC(c2noc3ccccc23)CC1)C(=O)O.Cc1ccc2onc(C3CCN(CC4(C(=O)O)CC4)CC3)c2c1.Cc1ccc2onc(C3CCN(CCC(=O)O)CC3)c2c1.Cc1ccc2onc(C3CCN(CCCC(=O)O)CC3)c2c1.O=C(O)C1(CCN2CCC(c3noc4ccccc34)CC2)CC1. The number of hydrogen-bond acceptors (Lipinski definition) is 20. The minimum absolute atomic E-state index is 0.219. The predicted molar refractivity (Wildman–Crippen MR) is 425 cm³/mol. The number of hydrogen-bond donors (Lipinski definition) is 5. The third-order valence-electron chi connectivity index (χ3n) is 24.8. The molecule has 5 aromatic carbocycles. The topological polar surface area (TPSA) is 333 Å². The molecule has 598 valence electrons. The number of carboxylic acids is 5. The highest BCUT2D eigenvalue weighted by molar-refractivity contribution is 5.84. The summed E-state index contributed by atoms with van der Waals surface area (Å²) < 4.78 is 27.2. The number of aryl methyl sites for hydroxylation is 3. The summed E-state index contributed by atoms with van der Waals surface area (Å²) >= 11 is 0. The predicted octanol–water partition coefficient (Wildman–Crippen LogP) is 15.9. The van der Waals surface area contributed by atoms with E-state index in [0.29, 0.717) is 49.1 Å². The first-order valence-electron chi connectivity index (χ1n) is 40.5. The van der Waals surface area contributed by atoms with E-state index in [0.717, 1.165) is 271 Å². The van der Waals surface area contributed by atoms with E-state index in [9.17, 15) is 39.3 Å². The fourth-order valence-corrected chi connectivity index (χ4v) is 16.9. The molecule has 2 aliphatic carbocycles. The highest BCUT2D eigenvalue weighted by Crippen LogP contribution is 2.50. The number of likely N-dealkylation sites (tertiary alicyclic amines) is 5. The maximum absolute atomic E-state index is 11.3. The molecular weight excluding hydrogens is 1430 g/mol. The molecule has 10 aromatic rings. The van der Waals surface area contributed by atoms with E-state index in [1.165, 1.54) is 16.7 Å². The molecule has 5 N–H and O–H groups in total. The number of benzene rings is 5. The molecule has 7 fully saturated rings. The maximum atomic E-state index is 11.3. The van der Waals surface area contributed by atoms with Crippen LogP contribution in [0.25, 0.3) is 54.8 Å². The van der Waals surface area contributed by atoms with E-state index in [2.05, 4.69) is 101 Å². The standard InChI is InChI=1S/2C18H22N2O3.C18H24N2O3.C17H22N2O3.C16H20N2O3/c1-12-2-3-15-14(10-12)16(19-23-15)13-4-8-20(9-5-13)11-18(6-7-18)17(21)22;21-17(22)18(7-8-18)9-12-20-10-5-13(6-11-20)16-14-3-1-2-4-15(14)23-19-16;1-18(2,17(21)22)9-12-20-10-7-13(8-11-20)16-14-5-3-4-6-15(14)23-19-16;1-12-4-5-15-14(11-12)17(18-22-15)13-6-9-19(10-7-13)8-2-3-16(20)21;1-11-2-3-14-13(10-11)16(17-21-14)12-4-7-18(8-5-12)9-6-15(19)20/h2-3,10,13H,4-9,11H2,1H3,(H,21,22);1-4,13H,5-12H2,(H,21,22);3-6,13H,7-12H2,1-2H3,(H,21,22);4-5,11,13H,2-3,6-10H2,1H3,(H,20,21);2-3,10,12H,4-9H2,1H3,(H,19,20). The number of para-hydroxylation sites is 2. The molecule has 25 heteroatoms. The number of aliphatic carboxylic acids is 5. The molecule has 10 heterocycles. The Morgan fingerprint density at radius 3 is 1.04 bits per heavy atom. The van der Waals surface area contributed by atoms with Crippen molar-refractivity contribution in [3.05, 3.63) is 148 Å². The highest BCUT2D eigenvalue weighted by atomic mass is 16.5. The minimum atomic E-state index is -0.727. The molecule has 0 radical (unpaired) electrons. The summed E-state index contributed by atoms with van der Waals surface area (Å²) in [6, 6.07) is 34.6. The molecule has 17 rings (SSSR count). The van der Waals surface area contributed by atoms with Crippen molar-refractivity contribution in [1.82, 2.24) is 50.3 Å². The Hall–Kier alpha value is -9.40. The van der Waals surface area contributed by atoms with Crippen LogP contribution in [0.2, 0.25) is 0 Å². The Morgan fingerprint density at radius 2 is 0.696 bits per heavy atom. The average molecular weight is 1540 g/mol. The van der Waals surface area contributed by atoms with Gasteiger partial charge in [-0.2, -0.15) is 0 Å². The summed E-state index contributed by atoms with van der Waals surface area (Å²) in [5, 5.41) is 72.3. The number of rotatable bonds is 23. The van der Waals surface area contributed by atoms with Crippen LogP contribution >= 0.6 is 0 Å². The van der Waals surface area contributed by atoms with Crippen molar-refractivity contribution >= 4 is 84.7 Å². The van der Waals surface area contributed by atoms with Crippen LogP contribution in [-0.4, -0.2) is 204 Å². The molecule has 0 spiro atoms. The lowest BCUT2D eigenvalue weighted by molar-refractivity contribution is -0.147. The lowest BCUT2D eigenvalue weighted by Crippen LogP contribution is -2.39. The maximum Gasteiger partial charge on any atom is 0.310 e. The van der Waals surface area contributed by atoms with Crippen molar-refractivity contribution in [3.63, 3.8) is 0 Å². The van der Waals surface area contributed by atoms with Crippen LogP contribution in [0, 0.1) is 37.0 Å². The van der Waals surface area contributed by atoms with Gasteiger partial charge in [0, 0.05) is 76.0 Å². The second-order valence-corrected chi connectivity index (χ2v) is 33.3. The number of nitrogens with zero attached hydrogens (tertiary/aromatic N) is 10. The largest absolute Gasteiger partial charge is 0.481 e. The van der Waals surface area contributed by atoms with Crippen molar-refractivity contribution in [2.24, 2.45) is 16.2 Å². The molecular formula is C87H110N10O15. The van der Waals surface area contributed by atoms with Gasteiger partial charge in [-0.15, -0.1) is 0 Å². The van der Waals surface area contributed by atoms with E-state index in [4.69, 9.17) is 32.8 Å². The first kappa shape index (κ1) is 80.6. The molecule has 7 aliphatic rings. The molecule has 0 unspecified atom stereocenters. The monoisotopic (exact) mass is 1530 g/mol. The number of fused-ring (bicyclic) bond motifs is 5. The summed E-state index contributed by atoms with van der Waals surface area (Å²) in [7, 11) is 0. The van der Waals surface area contributed by atoms with Crippen LogP contribution < -0.4 is 0 Å². The van der Waals surface area contributed by atoms with Crippen molar-refractivity contribution in [2.75, 3.05) is 98.2 Å². The second kappa shape index (κ2) is 36.2. The van der Waals surface area contributed by atoms with Gasteiger partial charge >= 0.3 is 29.8 Å². The second-order valence-electron chi connectivity index (χ2n) is 33.3. The number of aromatic nitrogens is 5. The van der Waals surface area contributed by atoms with E-state index in [-0.39, 0.29) is 12.8 Å². The van der Waals surface area contributed by atoms with Gasteiger partial charge in [-0.25, -0.2) is 0 Å². The van der Waals surface area contributed by atoms with Gasteiger partial charge in [0.15, 0.2) is 27.9 Å². The van der Waals surface area contributed by atoms with Gasteiger partial charge in [0.1, 0.15) is 0 Å². The molecule has 5 aliphatic heterocycles. The summed E-state index contributed by atoms with van der Waals surface area (Å²) in [5.41, 5.74) is 11.8. The minimum Gasteiger partial charge on any atom is -0.481 e. The fraction of sp³-hybridized carbons (Fsp3) is 0.540. The third kappa shape index (κ3) is 20.1. The normalized spacial score (nSPS) is 19.1. The summed E-state index contributed by atoms with van der Waals surface area (Å²) in [4.78, 5) is 66.6. The first-order valence-corrected chi connectivity index (χ1v) is 40.5. The first-order chi connectivity index (χ1) is 54.0. The number of carbonyl (C=O) groups is 5. The van der Waals surface area contributed by atoms with Gasteiger partial charge in [-0.1, -0.05) is 84.9 Å². The zero-order valence-electron chi connectivity index (χ0n) is 65.5. The fourth-order valence-electron chi connectivity index (χ4n) is 16.9. The van der Waals surface area contributed by atoms with Gasteiger partial charge in [-0.3, -0.25) is 24.0 Å². The molecule has 25 nitrogen and oxygen atoms in total. The van der Waals surface area contributed by atoms with Crippen molar-refractivity contribution in [2.45, 2.75) is 186 Å². The Labute approximate surface area is 652 Å². The van der Waals surface area contributed by atoms with Crippen molar-refractivity contribution in [1.29, 1.82) is 0 Å². The van der Waals surface area contributed by atoms with E-state index < -0.39 is 46.1 Å². The van der Waals surface area contributed by atoms with Crippen LogP contribution in [0.15, 0.2) is 126 Å². The summed E-state index contributed by atoms with van der Waals surface area (Å²) in [6.07, 6.45) is 16.4. The van der Waals surface area contributed by atoms with Gasteiger partial charge in [0.25, 0.3) is 0 Å². The van der Waals surface area contributed by atoms with Crippen LogP contribution in [0.1, 0.15) is 211 Å². The summed E-state index contributed by atoms with van der Waals surface area (Å²) in [5.74, 6) is -1.25. The average Bonchev–Trinajstić information content (AvgIpc) is 1.63. The Bertz CT molecular complexity index is 4720. The van der Waals surface area contributed by atoms with Crippen molar-refractivity contribution in [3.8, 4) is 0 Å². The number of carboxylic acid groups (broad SMARTS) is 5. The van der Waals surface area contributed by atoms with E-state index in [1.54, 1.807) is 13.8 Å². The molecule has 5 aromatic heterocycles. The van der Waals surface area contributed by atoms with Crippen LogP contribution in [0.4, 0.5) is 0 Å². The molecule has 2 saturated carbocycles. The molecule has 112 heavy (non-hydrogen) atoms. The molecule has 5 saturated heterocycles. The van der Waals surface area contributed by atoms with Crippen molar-refractivity contribution < 1.29 is 72.1 Å². The van der Waals surface area contributed by atoms with Gasteiger partial charge in [0.2, 0.25) is 0 Å². The van der Waals surface area contributed by atoms with Gasteiger partial charge in [-0.05, 0) is 290 Å². The zero-order chi connectivity index (χ0) is 78.7.